The molecule has 47 heavy (non-hydrogen) atoms. The number of guanidine groups is 1. The number of carbonyl (C=O) groups is 4. The molecule has 0 unspecified atom stereocenters. The fourth-order valence-corrected chi connectivity index (χ4v) is 6.79. The van der Waals surface area contributed by atoms with Crippen LogP contribution in [0.15, 0.2) is 47.4 Å². The minimum Gasteiger partial charge on any atom is -0.466 e. The molecule has 2 atom stereocenters. The molecule has 4 rings (SSSR count). The van der Waals surface area contributed by atoms with E-state index in [1.165, 1.54) is 17.0 Å². The van der Waals surface area contributed by atoms with Crippen molar-refractivity contribution in [3.8, 4) is 0 Å². The molecule has 1 saturated carbocycles. The number of piperidine rings is 1. The Bertz CT molecular complexity index is 1560. The van der Waals surface area contributed by atoms with Crippen LogP contribution in [-0.4, -0.2) is 99.5 Å². The first-order valence-electron chi connectivity index (χ1n) is 16.0. The number of likely N-dealkylation sites (tertiary alicyclic amines) is 1. The largest absolute Gasteiger partial charge is 0.466 e. The van der Waals surface area contributed by atoms with Crippen molar-refractivity contribution in [2.45, 2.75) is 69.4 Å². The standard InChI is InChI=1S/C32H44N6O8S/c1-3-45-29(40)15-17-38(25-12-13-25)30(41)27(36-47(43,44)26-14-11-23-9-5-6-10-24(23)18-26)19-28(39)34-20-22-8-7-16-37(21-22)31(33)35-32(42)46-4-2/h5-6,9-11,14,18,22,25,27,36H,3-4,7-8,12-13,15-17,19-21H2,1-2H3,(H,34,39)(H2,33,35,42)/t22-,27-/m0/s1. The Morgan fingerprint density at radius 3 is 2.45 bits per heavy atom. The van der Waals surface area contributed by atoms with E-state index in [9.17, 15) is 27.6 Å². The number of carbonyl (C=O) groups excluding carboxylic acids is 4. The molecule has 1 saturated heterocycles. The summed E-state index contributed by atoms with van der Waals surface area (Å²) in [5, 5.41) is 15.0. The SMILES string of the molecule is CCOC(=O)CCN(C(=O)[C@H](CC(=O)NC[C@@H]1CCCN(C(=N)NC(=O)OCC)C1)NS(=O)(=O)c1ccc2ccccc2c1)C1CC1. The fourth-order valence-electron chi connectivity index (χ4n) is 5.57. The maximum absolute atomic E-state index is 13.9. The van der Waals surface area contributed by atoms with E-state index < -0.39 is 46.4 Å². The first-order chi connectivity index (χ1) is 22.5. The average Bonchev–Trinajstić information content (AvgIpc) is 3.89. The van der Waals surface area contributed by atoms with Crippen molar-refractivity contribution in [1.29, 1.82) is 5.41 Å². The summed E-state index contributed by atoms with van der Waals surface area (Å²) in [6.07, 6.45) is 1.71. The summed E-state index contributed by atoms with van der Waals surface area (Å²) in [5.41, 5.74) is 0. The zero-order valence-corrected chi connectivity index (χ0v) is 27.6. The summed E-state index contributed by atoms with van der Waals surface area (Å²) in [4.78, 5) is 54.1. The number of esters is 1. The second-order valence-corrected chi connectivity index (χ2v) is 13.4. The van der Waals surface area contributed by atoms with Gasteiger partial charge in [-0.1, -0.05) is 30.3 Å². The summed E-state index contributed by atoms with van der Waals surface area (Å²) in [6, 6.07) is 10.4. The third-order valence-corrected chi connectivity index (χ3v) is 9.54. The molecule has 0 spiro atoms. The third-order valence-electron chi connectivity index (χ3n) is 8.07. The smallest absolute Gasteiger partial charge is 0.413 e. The highest BCUT2D eigenvalue weighted by molar-refractivity contribution is 7.89. The summed E-state index contributed by atoms with van der Waals surface area (Å²) < 4.78 is 39.5. The van der Waals surface area contributed by atoms with Crippen molar-refractivity contribution in [3.05, 3.63) is 42.5 Å². The number of rotatable bonds is 14. The molecule has 14 nitrogen and oxygen atoms in total. The second kappa shape index (κ2) is 16.5. The van der Waals surface area contributed by atoms with E-state index in [2.05, 4.69) is 15.4 Å². The molecule has 2 aromatic carbocycles. The van der Waals surface area contributed by atoms with Crippen LogP contribution < -0.4 is 15.4 Å². The molecule has 1 aliphatic heterocycles. The van der Waals surface area contributed by atoms with Gasteiger partial charge in [0.2, 0.25) is 27.8 Å². The number of benzene rings is 2. The van der Waals surface area contributed by atoms with Gasteiger partial charge in [-0.25, -0.2) is 13.2 Å². The van der Waals surface area contributed by atoms with Gasteiger partial charge in [-0.3, -0.25) is 25.1 Å². The van der Waals surface area contributed by atoms with Crippen LogP contribution in [-0.2, 0) is 33.9 Å². The van der Waals surface area contributed by atoms with Gasteiger partial charge in [0.15, 0.2) is 0 Å². The number of hydrogen-bond acceptors (Lipinski definition) is 9. The topological polar surface area (TPSA) is 187 Å². The van der Waals surface area contributed by atoms with Crippen LogP contribution >= 0.6 is 0 Å². The quantitative estimate of drug-likeness (QED) is 0.133. The summed E-state index contributed by atoms with van der Waals surface area (Å²) in [6.45, 7) is 4.98. The maximum atomic E-state index is 13.9. The Morgan fingerprint density at radius 1 is 1.02 bits per heavy atom. The number of nitrogens with one attached hydrogen (secondary N) is 4. The van der Waals surface area contributed by atoms with Crippen LogP contribution in [0.3, 0.4) is 0 Å². The van der Waals surface area contributed by atoms with E-state index in [1.54, 1.807) is 36.9 Å². The van der Waals surface area contributed by atoms with Gasteiger partial charge in [-0.05, 0) is 68.4 Å². The van der Waals surface area contributed by atoms with Gasteiger partial charge < -0.3 is 24.6 Å². The van der Waals surface area contributed by atoms with Crippen LogP contribution in [0.5, 0.6) is 0 Å². The highest BCUT2D eigenvalue weighted by Gasteiger charge is 2.38. The highest BCUT2D eigenvalue weighted by atomic mass is 32.2. The lowest BCUT2D eigenvalue weighted by molar-refractivity contribution is -0.144. The summed E-state index contributed by atoms with van der Waals surface area (Å²) in [7, 11) is -4.23. The molecular weight excluding hydrogens is 628 g/mol. The molecule has 2 aliphatic rings. The van der Waals surface area contributed by atoms with Crippen LogP contribution in [0.1, 0.15) is 52.4 Å². The Hall–Kier alpha value is -4.24. The Labute approximate surface area is 275 Å². The molecule has 15 heteroatoms. The number of alkyl carbamates (subject to hydrolysis) is 1. The molecule has 4 N–H and O–H groups in total. The van der Waals surface area contributed by atoms with E-state index in [-0.39, 0.29) is 55.5 Å². The van der Waals surface area contributed by atoms with Crippen molar-refractivity contribution in [2.24, 2.45) is 5.92 Å². The fraction of sp³-hybridized carbons (Fsp3) is 0.531. The third kappa shape index (κ3) is 10.4. The molecule has 0 bridgehead atoms. The molecule has 0 aromatic heterocycles. The Balaban J connectivity index is 1.45. The van der Waals surface area contributed by atoms with E-state index in [0.29, 0.717) is 31.3 Å². The monoisotopic (exact) mass is 672 g/mol. The number of amides is 3. The van der Waals surface area contributed by atoms with E-state index in [0.717, 1.165) is 18.2 Å². The lowest BCUT2D eigenvalue weighted by Gasteiger charge is -2.34. The van der Waals surface area contributed by atoms with Gasteiger partial charge in [0.05, 0.1) is 31.0 Å². The Morgan fingerprint density at radius 2 is 1.74 bits per heavy atom. The van der Waals surface area contributed by atoms with Crippen molar-refractivity contribution in [3.63, 3.8) is 0 Å². The molecule has 0 radical (unpaired) electrons. The van der Waals surface area contributed by atoms with Gasteiger partial charge in [0, 0.05) is 32.2 Å². The van der Waals surface area contributed by atoms with Gasteiger partial charge >= 0.3 is 12.1 Å². The zero-order chi connectivity index (χ0) is 34.0. The average molecular weight is 673 g/mol. The van der Waals surface area contributed by atoms with Crippen LogP contribution in [0.2, 0.25) is 0 Å². The molecule has 256 valence electrons. The zero-order valence-electron chi connectivity index (χ0n) is 26.8. The molecule has 1 aliphatic carbocycles. The lowest BCUT2D eigenvalue weighted by atomic mass is 9.98. The number of nitrogens with zero attached hydrogens (tertiary/aromatic N) is 2. The predicted octanol–water partition coefficient (Wildman–Crippen LogP) is 2.33. The van der Waals surface area contributed by atoms with Crippen molar-refractivity contribution in [1.82, 2.24) is 25.2 Å². The van der Waals surface area contributed by atoms with Crippen LogP contribution in [0.4, 0.5) is 4.79 Å². The van der Waals surface area contributed by atoms with Crippen LogP contribution in [0, 0.1) is 11.3 Å². The van der Waals surface area contributed by atoms with Crippen LogP contribution in [0.25, 0.3) is 10.8 Å². The van der Waals surface area contributed by atoms with Gasteiger partial charge in [-0.15, -0.1) is 0 Å². The molecule has 1 heterocycles. The minimum atomic E-state index is -4.23. The van der Waals surface area contributed by atoms with Gasteiger partial charge in [0.25, 0.3) is 0 Å². The molecule has 2 aromatic rings. The van der Waals surface area contributed by atoms with E-state index in [1.807, 2.05) is 12.1 Å². The van der Waals surface area contributed by atoms with Gasteiger partial charge in [0.1, 0.15) is 6.04 Å². The van der Waals surface area contributed by atoms with Gasteiger partial charge in [-0.2, -0.15) is 4.72 Å². The molecule has 3 amide bonds. The first-order valence-corrected chi connectivity index (χ1v) is 17.5. The lowest BCUT2D eigenvalue weighted by Crippen LogP contribution is -2.52. The predicted molar refractivity (Wildman–Crippen MR) is 174 cm³/mol. The van der Waals surface area contributed by atoms with Crippen molar-refractivity contribution < 1.29 is 37.1 Å². The minimum absolute atomic E-state index is 0.0416. The van der Waals surface area contributed by atoms with E-state index >= 15 is 0 Å². The second-order valence-electron chi connectivity index (χ2n) is 11.7. The summed E-state index contributed by atoms with van der Waals surface area (Å²) in [5.74, 6) is -1.71. The van der Waals surface area contributed by atoms with Crippen molar-refractivity contribution >= 4 is 50.6 Å². The number of sulfonamides is 1. The summed E-state index contributed by atoms with van der Waals surface area (Å²) >= 11 is 0. The van der Waals surface area contributed by atoms with Crippen molar-refractivity contribution in [2.75, 3.05) is 39.4 Å². The Kier molecular flexibility index (Phi) is 12.5. The molecule has 2 fully saturated rings. The number of ether oxygens (including phenoxy) is 2. The molecular formula is C32H44N6O8S. The normalized spacial score (nSPS) is 17.0. The van der Waals surface area contributed by atoms with E-state index in [4.69, 9.17) is 14.9 Å². The highest BCUT2D eigenvalue weighted by Crippen LogP contribution is 2.28. The maximum Gasteiger partial charge on any atom is 0.413 e. The number of hydrogen-bond donors (Lipinski definition) is 4. The first kappa shape index (κ1) is 35.6. The number of fused-ring (bicyclic) bond motifs is 1.